The number of carbonyl (C=O) groups is 1. The summed E-state index contributed by atoms with van der Waals surface area (Å²) >= 11 is 11.8. The zero-order valence-corrected chi connectivity index (χ0v) is 10.6. The van der Waals surface area contributed by atoms with E-state index >= 15 is 0 Å². The minimum atomic E-state index is -0.105. The van der Waals surface area contributed by atoms with Gasteiger partial charge in [-0.15, -0.1) is 0 Å². The van der Waals surface area contributed by atoms with E-state index in [4.69, 9.17) is 23.2 Å². The summed E-state index contributed by atoms with van der Waals surface area (Å²) in [6, 6.07) is 5.25. The minimum absolute atomic E-state index is 0.105. The maximum absolute atomic E-state index is 12.0. The molecule has 2 aliphatic rings. The van der Waals surface area contributed by atoms with E-state index in [-0.39, 0.29) is 5.91 Å². The molecule has 5 heteroatoms. The van der Waals surface area contributed by atoms with Crippen molar-refractivity contribution < 1.29 is 4.79 Å². The predicted octanol–water partition coefficient (Wildman–Crippen LogP) is 1.94. The summed E-state index contributed by atoms with van der Waals surface area (Å²) in [7, 11) is 0. The van der Waals surface area contributed by atoms with Crippen molar-refractivity contribution in [2.75, 3.05) is 13.1 Å². The number of fused-ring (bicyclic) bond motifs is 1. The van der Waals surface area contributed by atoms with Crippen LogP contribution in [0.5, 0.6) is 0 Å². The van der Waals surface area contributed by atoms with Crippen LogP contribution in [0.25, 0.3) is 0 Å². The summed E-state index contributed by atoms with van der Waals surface area (Å²) < 4.78 is 0. The molecule has 17 heavy (non-hydrogen) atoms. The third-order valence-corrected chi connectivity index (χ3v) is 4.11. The molecule has 2 N–H and O–H groups in total. The molecule has 3 nitrogen and oxygen atoms in total. The van der Waals surface area contributed by atoms with Crippen molar-refractivity contribution in [1.29, 1.82) is 0 Å². The van der Waals surface area contributed by atoms with Gasteiger partial charge in [0.05, 0.1) is 10.6 Å². The summed E-state index contributed by atoms with van der Waals surface area (Å²) in [4.78, 5) is 12.0. The average Bonchev–Trinajstić information content (AvgIpc) is 2.74. The number of carbonyl (C=O) groups excluding carboxylic acids is 1. The van der Waals surface area contributed by atoms with E-state index in [1.54, 1.807) is 18.2 Å². The molecule has 1 aliphatic carbocycles. The van der Waals surface area contributed by atoms with Crippen molar-refractivity contribution in [3.05, 3.63) is 33.8 Å². The number of benzene rings is 1. The van der Waals surface area contributed by atoms with Crippen LogP contribution in [0, 0.1) is 11.8 Å². The lowest BCUT2D eigenvalue weighted by Gasteiger charge is -2.09. The molecule has 0 bridgehead atoms. The number of hydrogen-bond donors (Lipinski definition) is 2. The van der Waals surface area contributed by atoms with Crippen LogP contribution in [-0.2, 0) is 0 Å². The highest BCUT2D eigenvalue weighted by molar-refractivity contribution is 6.36. The van der Waals surface area contributed by atoms with E-state index in [0.29, 0.717) is 33.5 Å². The molecule has 2 fully saturated rings. The molecule has 3 rings (SSSR count). The van der Waals surface area contributed by atoms with Crippen LogP contribution < -0.4 is 10.6 Å². The largest absolute Gasteiger partial charge is 0.349 e. The highest BCUT2D eigenvalue weighted by atomic mass is 35.5. The molecule has 1 saturated carbocycles. The number of hydrogen-bond acceptors (Lipinski definition) is 2. The standard InChI is InChI=1S/C12H12Cl2N2O/c13-6-1-2-7(10(14)3-6)12(17)16-11-8-4-15-5-9(8)11/h1-3,8-9,11,15H,4-5H2,(H,16,17). The molecule has 90 valence electrons. The Labute approximate surface area is 109 Å². The van der Waals surface area contributed by atoms with Crippen LogP contribution in [0.1, 0.15) is 10.4 Å². The molecule has 2 atom stereocenters. The van der Waals surface area contributed by atoms with Crippen LogP contribution >= 0.6 is 23.2 Å². The lowest BCUT2D eigenvalue weighted by molar-refractivity contribution is 0.0947. The SMILES string of the molecule is O=C(NC1C2CNCC21)c1ccc(Cl)cc1Cl. The predicted molar refractivity (Wildman–Crippen MR) is 67.6 cm³/mol. The molecule has 2 unspecified atom stereocenters. The highest BCUT2D eigenvalue weighted by Crippen LogP contribution is 2.41. The normalized spacial score (nSPS) is 29.9. The zero-order chi connectivity index (χ0) is 12.0. The van der Waals surface area contributed by atoms with Crippen molar-refractivity contribution in [2.45, 2.75) is 6.04 Å². The highest BCUT2D eigenvalue weighted by Gasteiger charge is 2.53. The molecule has 0 aromatic heterocycles. The van der Waals surface area contributed by atoms with Gasteiger partial charge < -0.3 is 10.6 Å². The van der Waals surface area contributed by atoms with Gasteiger partial charge in [0.25, 0.3) is 5.91 Å². The first-order valence-electron chi connectivity index (χ1n) is 5.63. The maximum atomic E-state index is 12.0. The molecule has 1 aromatic carbocycles. The van der Waals surface area contributed by atoms with E-state index in [9.17, 15) is 4.79 Å². The fraction of sp³-hybridized carbons (Fsp3) is 0.417. The second kappa shape index (κ2) is 4.16. The number of amides is 1. The molecule has 1 amide bonds. The Morgan fingerprint density at radius 3 is 2.65 bits per heavy atom. The number of piperidine rings is 1. The van der Waals surface area contributed by atoms with Gasteiger partial charge in [0.2, 0.25) is 0 Å². The van der Waals surface area contributed by atoms with Gasteiger partial charge in [0.1, 0.15) is 0 Å². The maximum Gasteiger partial charge on any atom is 0.253 e. The van der Waals surface area contributed by atoms with Gasteiger partial charge in [-0.25, -0.2) is 0 Å². The van der Waals surface area contributed by atoms with E-state index in [1.165, 1.54) is 0 Å². The van der Waals surface area contributed by atoms with Gasteiger partial charge in [0, 0.05) is 24.2 Å². The van der Waals surface area contributed by atoms with E-state index in [1.807, 2.05) is 0 Å². The lowest BCUT2D eigenvalue weighted by Crippen LogP contribution is -2.32. The first-order chi connectivity index (χ1) is 8.16. The van der Waals surface area contributed by atoms with Crippen LogP contribution in [0.4, 0.5) is 0 Å². The second-order valence-electron chi connectivity index (χ2n) is 4.61. The van der Waals surface area contributed by atoms with Crippen LogP contribution in [0.15, 0.2) is 18.2 Å². The second-order valence-corrected chi connectivity index (χ2v) is 5.45. The Hall–Kier alpha value is -0.770. The van der Waals surface area contributed by atoms with Gasteiger partial charge in [-0.2, -0.15) is 0 Å². The van der Waals surface area contributed by atoms with Gasteiger partial charge in [-0.05, 0) is 30.0 Å². The topological polar surface area (TPSA) is 41.1 Å². The Morgan fingerprint density at radius 2 is 2.00 bits per heavy atom. The third-order valence-electron chi connectivity index (χ3n) is 3.57. The molecule has 1 heterocycles. The summed E-state index contributed by atoms with van der Waals surface area (Å²) in [5.74, 6) is 1.10. The molecule has 0 spiro atoms. The van der Waals surface area contributed by atoms with Crippen molar-refractivity contribution in [3.63, 3.8) is 0 Å². The molecule has 1 aromatic rings. The first kappa shape index (κ1) is 11.3. The monoisotopic (exact) mass is 270 g/mol. The number of halogens is 2. The van der Waals surface area contributed by atoms with Gasteiger partial charge in [-0.3, -0.25) is 4.79 Å². The zero-order valence-electron chi connectivity index (χ0n) is 9.04. The van der Waals surface area contributed by atoms with E-state index in [2.05, 4.69) is 10.6 Å². The fourth-order valence-electron chi connectivity index (χ4n) is 2.54. The van der Waals surface area contributed by atoms with Crippen molar-refractivity contribution in [2.24, 2.45) is 11.8 Å². The first-order valence-corrected chi connectivity index (χ1v) is 6.39. The van der Waals surface area contributed by atoms with Crippen LogP contribution in [-0.4, -0.2) is 25.0 Å². The lowest BCUT2D eigenvalue weighted by atomic mass is 10.2. The van der Waals surface area contributed by atoms with Crippen LogP contribution in [0.2, 0.25) is 10.0 Å². The molecule has 1 saturated heterocycles. The number of nitrogens with one attached hydrogen (secondary N) is 2. The summed E-state index contributed by atoms with van der Waals surface area (Å²) in [5.41, 5.74) is 0.494. The molecular formula is C12H12Cl2N2O. The Morgan fingerprint density at radius 1 is 1.29 bits per heavy atom. The quantitative estimate of drug-likeness (QED) is 0.863. The molecule has 1 aliphatic heterocycles. The smallest absolute Gasteiger partial charge is 0.253 e. The average molecular weight is 271 g/mol. The van der Waals surface area contributed by atoms with Gasteiger partial charge in [0.15, 0.2) is 0 Å². The Kier molecular flexibility index (Phi) is 2.77. The Balaban J connectivity index is 1.70. The molecular weight excluding hydrogens is 259 g/mol. The summed E-state index contributed by atoms with van der Waals surface area (Å²) in [6.07, 6.45) is 0. The van der Waals surface area contributed by atoms with Gasteiger partial charge >= 0.3 is 0 Å². The molecule has 0 radical (unpaired) electrons. The third kappa shape index (κ3) is 2.03. The van der Waals surface area contributed by atoms with E-state index in [0.717, 1.165) is 13.1 Å². The fourth-order valence-corrected chi connectivity index (χ4v) is 3.03. The van der Waals surface area contributed by atoms with Crippen molar-refractivity contribution >= 4 is 29.1 Å². The summed E-state index contributed by atoms with van der Waals surface area (Å²) in [5, 5.41) is 7.26. The number of rotatable bonds is 2. The van der Waals surface area contributed by atoms with Crippen molar-refractivity contribution in [3.8, 4) is 0 Å². The van der Waals surface area contributed by atoms with Gasteiger partial charge in [-0.1, -0.05) is 23.2 Å². The van der Waals surface area contributed by atoms with Crippen molar-refractivity contribution in [1.82, 2.24) is 10.6 Å². The van der Waals surface area contributed by atoms with E-state index < -0.39 is 0 Å². The van der Waals surface area contributed by atoms with Crippen LogP contribution in [0.3, 0.4) is 0 Å². The minimum Gasteiger partial charge on any atom is -0.349 e. The summed E-state index contributed by atoms with van der Waals surface area (Å²) in [6.45, 7) is 2.01. The Bertz CT molecular complexity index is 468.